The molecule has 0 bridgehead atoms. The molecule has 0 saturated carbocycles. The molecule has 17 heavy (non-hydrogen) atoms. The molecule has 1 rings (SSSR count). The Morgan fingerprint density at radius 2 is 2.18 bits per heavy atom. The van der Waals surface area contributed by atoms with Crippen molar-refractivity contribution in [2.75, 3.05) is 6.61 Å². The first-order chi connectivity index (χ1) is 8.08. The molecule has 0 aliphatic heterocycles. The first-order valence-electron chi connectivity index (χ1n) is 5.17. The van der Waals surface area contributed by atoms with Gasteiger partial charge in [0.15, 0.2) is 5.78 Å². The molecule has 0 fully saturated rings. The minimum Gasteiger partial charge on any atom is -0.463 e. The zero-order valence-corrected chi connectivity index (χ0v) is 9.73. The van der Waals surface area contributed by atoms with E-state index in [2.05, 4.69) is 0 Å². The van der Waals surface area contributed by atoms with Crippen molar-refractivity contribution < 1.29 is 23.8 Å². The van der Waals surface area contributed by atoms with Crippen molar-refractivity contribution in [3.63, 3.8) is 0 Å². The van der Waals surface area contributed by atoms with Gasteiger partial charge < -0.3 is 14.3 Å². The van der Waals surface area contributed by atoms with E-state index < -0.39 is 5.97 Å². The highest BCUT2D eigenvalue weighted by molar-refractivity contribution is 6.22. The fourth-order valence-corrected chi connectivity index (χ4v) is 1.26. The lowest BCUT2D eigenvalue weighted by Crippen LogP contribution is -2.04. The number of allylic oxidation sites excluding steroid dienone is 1. The van der Waals surface area contributed by atoms with Crippen LogP contribution in [0.25, 0.3) is 5.57 Å². The minimum absolute atomic E-state index is 0.128. The number of furan rings is 1. The van der Waals surface area contributed by atoms with E-state index in [-0.39, 0.29) is 30.3 Å². The number of carbonyl (C=O) groups excluding carboxylic acids is 2. The van der Waals surface area contributed by atoms with Crippen molar-refractivity contribution in [3.8, 4) is 0 Å². The van der Waals surface area contributed by atoms with Crippen LogP contribution in [0.2, 0.25) is 0 Å². The van der Waals surface area contributed by atoms with E-state index in [1.54, 1.807) is 6.92 Å². The number of aliphatic hydroxyl groups is 1. The molecule has 0 aliphatic rings. The van der Waals surface area contributed by atoms with Gasteiger partial charge in [0.05, 0.1) is 12.2 Å². The number of aliphatic hydroxyl groups excluding tert-OH is 1. The van der Waals surface area contributed by atoms with E-state index in [1.807, 2.05) is 0 Å². The van der Waals surface area contributed by atoms with Crippen LogP contribution < -0.4 is 0 Å². The maximum Gasteiger partial charge on any atom is 0.331 e. The van der Waals surface area contributed by atoms with Crippen molar-refractivity contribution in [2.45, 2.75) is 20.5 Å². The smallest absolute Gasteiger partial charge is 0.331 e. The molecule has 0 aromatic carbocycles. The van der Waals surface area contributed by atoms with Crippen molar-refractivity contribution in [3.05, 3.63) is 29.7 Å². The zero-order valence-electron chi connectivity index (χ0n) is 9.73. The highest BCUT2D eigenvalue weighted by Gasteiger charge is 2.14. The average Bonchev–Trinajstić information content (AvgIpc) is 2.74. The SMILES string of the molecule is CCOC(=O)C=C(C(C)=O)c1ccc(CO)o1. The van der Waals surface area contributed by atoms with Gasteiger partial charge in [0, 0.05) is 6.08 Å². The summed E-state index contributed by atoms with van der Waals surface area (Å²) in [5.41, 5.74) is 0.128. The summed E-state index contributed by atoms with van der Waals surface area (Å²) in [5, 5.41) is 8.85. The number of carbonyl (C=O) groups is 2. The second-order valence-electron chi connectivity index (χ2n) is 3.29. The molecule has 5 heteroatoms. The Hall–Kier alpha value is -1.88. The van der Waals surface area contributed by atoms with E-state index in [0.29, 0.717) is 5.76 Å². The Morgan fingerprint density at radius 3 is 2.65 bits per heavy atom. The van der Waals surface area contributed by atoms with Gasteiger partial charge in [0.25, 0.3) is 0 Å². The average molecular weight is 238 g/mol. The van der Waals surface area contributed by atoms with Crippen molar-refractivity contribution in [1.82, 2.24) is 0 Å². The molecule has 0 amide bonds. The summed E-state index contributed by atoms with van der Waals surface area (Å²) in [6.07, 6.45) is 1.09. The molecule has 1 heterocycles. The molecule has 1 aromatic heterocycles. The Morgan fingerprint density at radius 1 is 1.47 bits per heavy atom. The predicted octanol–water partition coefficient (Wildman–Crippen LogP) is 1.31. The van der Waals surface area contributed by atoms with Crippen LogP contribution >= 0.6 is 0 Å². The van der Waals surface area contributed by atoms with Crippen LogP contribution in [0.4, 0.5) is 0 Å². The summed E-state index contributed by atoms with van der Waals surface area (Å²) in [6, 6.07) is 3.06. The first-order valence-corrected chi connectivity index (χ1v) is 5.17. The van der Waals surface area contributed by atoms with Crippen molar-refractivity contribution >= 4 is 17.3 Å². The molecular weight excluding hydrogens is 224 g/mol. The van der Waals surface area contributed by atoms with Crippen molar-refractivity contribution in [2.24, 2.45) is 0 Å². The third-order valence-electron chi connectivity index (χ3n) is 2.01. The van der Waals surface area contributed by atoms with Crippen LogP contribution in [0.3, 0.4) is 0 Å². The summed E-state index contributed by atoms with van der Waals surface area (Å²) in [6.45, 7) is 2.98. The number of esters is 1. The Labute approximate surface area is 98.7 Å². The van der Waals surface area contributed by atoms with Gasteiger partial charge in [-0.15, -0.1) is 0 Å². The number of hydrogen-bond donors (Lipinski definition) is 1. The third kappa shape index (κ3) is 3.57. The lowest BCUT2D eigenvalue weighted by atomic mass is 10.1. The molecular formula is C12H14O5. The monoisotopic (exact) mass is 238 g/mol. The number of hydrogen-bond acceptors (Lipinski definition) is 5. The fraction of sp³-hybridized carbons (Fsp3) is 0.333. The van der Waals surface area contributed by atoms with Crippen molar-refractivity contribution in [1.29, 1.82) is 0 Å². The Balaban J connectivity index is 3.01. The summed E-state index contributed by atoms with van der Waals surface area (Å²) in [5.74, 6) is -0.331. The molecule has 0 unspecified atom stereocenters. The van der Waals surface area contributed by atoms with Gasteiger partial charge in [-0.3, -0.25) is 4.79 Å². The van der Waals surface area contributed by atoms with Crippen LogP contribution in [0.15, 0.2) is 22.6 Å². The van der Waals surface area contributed by atoms with Crippen LogP contribution in [0.1, 0.15) is 25.4 Å². The summed E-state index contributed by atoms with van der Waals surface area (Å²) < 4.78 is 9.91. The summed E-state index contributed by atoms with van der Waals surface area (Å²) >= 11 is 0. The van der Waals surface area contributed by atoms with Gasteiger partial charge in [-0.1, -0.05) is 0 Å². The van der Waals surface area contributed by atoms with Crippen LogP contribution in [0.5, 0.6) is 0 Å². The van der Waals surface area contributed by atoms with E-state index in [0.717, 1.165) is 6.08 Å². The van der Waals surface area contributed by atoms with Crippen LogP contribution in [-0.2, 0) is 20.9 Å². The molecule has 0 spiro atoms. The topological polar surface area (TPSA) is 76.7 Å². The maximum atomic E-state index is 11.4. The maximum absolute atomic E-state index is 11.4. The minimum atomic E-state index is -0.598. The van der Waals surface area contributed by atoms with Gasteiger partial charge in [-0.25, -0.2) is 4.79 Å². The number of rotatable bonds is 5. The number of Topliss-reactive ketones (excluding diaryl/α,β-unsaturated/α-hetero) is 1. The van der Waals surface area contributed by atoms with Gasteiger partial charge in [0.2, 0.25) is 0 Å². The van der Waals surface area contributed by atoms with Gasteiger partial charge in [-0.05, 0) is 26.0 Å². The van der Waals surface area contributed by atoms with Crippen LogP contribution in [-0.4, -0.2) is 23.5 Å². The standard InChI is InChI=1S/C12H14O5/c1-3-16-12(15)6-10(8(2)14)11-5-4-9(7-13)17-11/h4-6,13H,3,7H2,1-2H3. The lowest BCUT2D eigenvalue weighted by Gasteiger charge is -2.00. The van der Waals surface area contributed by atoms with E-state index in [1.165, 1.54) is 19.1 Å². The fourth-order valence-electron chi connectivity index (χ4n) is 1.26. The first kappa shape index (κ1) is 13.2. The highest BCUT2D eigenvalue weighted by Crippen LogP contribution is 2.19. The number of ether oxygens (including phenoxy) is 1. The predicted molar refractivity (Wildman–Crippen MR) is 59.9 cm³/mol. The van der Waals surface area contributed by atoms with E-state index in [9.17, 15) is 9.59 Å². The molecule has 92 valence electrons. The second-order valence-corrected chi connectivity index (χ2v) is 3.29. The van der Waals surface area contributed by atoms with Gasteiger partial charge in [-0.2, -0.15) is 0 Å². The Kier molecular flexibility index (Phi) is 4.66. The molecule has 0 radical (unpaired) electrons. The summed E-state index contributed by atoms with van der Waals surface area (Å²) in [4.78, 5) is 22.6. The molecule has 0 saturated heterocycles. The summed E-state index contributed by atoms with van der Waals surface area (Å²) in [7, 11) is 0. The van der Waals surface area contributed by atoms with E-state index >= 15 is 0 Å². The molecule has 0 atom stereocenters. The molecule has 5 nitrogen and oxygen atoms in total. The van der Waals surface area contributed by atoms with Gasteiger partial charge in [0.1, 0.15) is 18.1 Å². The largest absolute Gasteiger partial charge is 0.463 e. The molecule has 1 N–H and O–H groups in total. The molecule has 0 aliphatic carbocycles. The molecule has 1 aromatic rings. The lowest BCUT2D eigenvalue weighted by molar-refractivity contribution is -0.137. The quantitative estimate of drug-likeness (QED) is 0.618. The second kappa shape index (κ2) is 6.00. The third-order valence-corrected chi connectivity index (χ3v) is 2.01. The normalized spacial score (nSPS) is 11.4. The zero-order chi connectivity index (χ0) is 12.8. The highest BCUT2D eigenvalue weighted by atomic mass is 16.5. The Bertz CT molecular complexity index is 442. The van der Waals surface area contributed by atoms with E-state index in [4.69, 9.17) is 14.3 Å². The number of ketones is 1. The van der Waals surface area contributed by atoms with Gasteiger partial charge >= 0.3 is 5.97 Å². The van der Waals surface area contributed by atoms with Crippen LogP contribution in [0, 0.1) is 0 Å².